The molecule has 2 N–H and O–H groups in total. The van der Waals surface area contributed by atoms with E-state index in [0.717, 1.165) is 42.4 Å². The molecule has 3 saturated carbocycles. The summed E-state index contributed by atoms with van der Waals surface area (Å²) < 4.78 is 19.3. The summed E-state index contributed by atoms with van der Waals surface area (Å²) in [5.74, 6) is -1.99. The summed E-state index contributed by atoms with van der Waals surface area (Å²) in [6, 6.07) is 33.4. The van der Waals surface area contributed by atoms with Crippen molar-refractivity contribution < 1.29 is 14.3 Å². The number of hydrogen-bond acceptors (Lipinski definition) is 7. The number of anilines is 1. The van der Waals surface area contributed by atoms with E-state index in [1.165, 1.54) is 17.5 Å². The number of hydrogen-bond donors (Lipinski definition) is 2. The summed E-state index contributed by atoms with van der Waals surface area (Å²) >= 11 is 14.2. The molecule has 0 spiro atoms. The molecule has 0 radical (unpaired) electrons. The van der Waals surface area contributed by atoms with Gasteiger partial charge in [-0.05, 0) is 66.3 Å². The Kier molecular flexibility index (Phi) is 8.92. The van der Waals surface area contributed by atoms with Crippen LogP contribution >= 0.6 is 34.5 Å². The summed E-state index contributed by atoms with van der Waals surface area (Å²) in [5.41, 5.74) is 3.35. The van der Waals surface area contributed by atoms with Gasteiger partial charge in [0.2, 0.25) is 0 Å². The molecule has 4 heterocycles. The number of benzene rings is 3. The van der Waals surface area contributed by atoms with Crippen molar-refractivity contribution in [2.75, 3.05) is 5.32 Å². The number of carboxylic acid groups (broad SMARTS) is 1. The second kappa shape index (κ2) is 13.9. The summed E-state index contributed by atoms with van der Waals surface area (Å²) in [6.07, 6.45) is 6.85. The van der Waals surface area contributed by atoms with Gasteiger partial charge < -0.3 is 15.0 Å². The molecule has 54 heavy (non-hydrogen) atoms. The third-order valence-electron chi connectivity index (χ3n) is 11.1. The predicted octanol–water partition coefficient (Wildman–Crippen LogP) is 10.2. The van der Waals surface area contributed by atoms with Crippen molar-refractivity contribution in [2.45, 2.75) is 37.3 Å². The molecule has 10 rings (SSSR count). The quantitative estimate of drug-likeness (QED) is 0.141. The van der Waals surface area contributed by atoms with Gasteiger partial charge in [-0.3, -0.25) is 4.79 Å². The molecule has 4 aromatic heterocycles. The Balaban J connectivity index is 1.32. The van der Waals surface area contributed by atoms with Gasteiger partial charge in [0.1, 0.15) is 21.9 Å². The highest BCUT2D eigenvalue weighted by Crippen LogP contribution is 2.48. The van der Waals surface area contributed by atoms with Crippen LogP contribution in [0.15, 0.2) is 116 Å². The number of fused-ring (bicyclic) bond motifs is 4. The lowest BCUT2D eigenvalue weighted by molar-refractivity contribution is -0.148. The van der Waals surface area contributed by atoms with Gasteiger partial charge in [0.15, 0.2) is 23.1 Å². The lowest BCUT2D eigenvalue weighted by atomic mass is 9.61. The molecule has 2 bridgehead atoms. The van der Waals surface area contributed by atoms with Crippen molar-refractivity contribution in [1.82, 2.24) is 24.5 Å². The summed E-state index contributed by atoms with van der Waals surface area (Å²) in [4.78, 5) is 32.5. The Morgan fingerprint density at radius 2 is 1.41 bits per heavy atom. The molecule has 0 aliphatic heterocycles. The van der Waals surface area contributed by atoms with Crippen LogP contribution in [0.5, 0.6) is 0 Å². The highest BCUT2D eigenvalue weighted by Gasteiger charge is 2.48. The third-order valence-corrected chi connectivity index (χ3v) is 12.5. The number of thiophene rings is 1. The highest BCUT2D eigenvalue weighted by molar-refractivity contribution is 7.19. The molecule has 3 aromatic carbocycles. The van der Waals surface area contributed by atoms with Gasteiger partial charge in [-0.25, -0.2) is 24.3 Å². The number of aliphatic carboxylic acids is 1. The maximum atomic E-state index is 16.8. The average Bonchev–Trinajstić information content (AvgIpc) is 3.81. The number of carboxylic acids is 1. The van der Waals surface area contributed by atoms with Gasteiger partial charge >= 0.3 is 5.97 Å². The number of aromatic nitrogens is 5. The number of carbonyl (C=O) groups is 1. The Labute approximate surface area is 324 Å². The zero-order valence-electron chi connectivity index (χ0n) is 28.7. The van der Waals surface area contributed by atoms with E-state index >= 15 is 4.39 Å². The Morgan fingerprint density at radius 3 is 1.96 bits per heavy atom. The van der Waals surface area contributed by atoms with E-state index in [9.17, 15) is 9.90 Å². The van der Waals surface area contributed by atoms with E-state index in [1.54, 1.807) is 12.1 Å². The second-order valence-corrected chi connectivity index (χ2v) is 16.1. The Bertz CT molecular complexity index is 2390. The van der Waals surface area contributed by atoms with Crippen molar-refractivity contribution in [3.63, 3.8) is 0 Å². The maximum Gasteiger partial charge on any atom is 0.308 e. The van der Waals surface area contributed by atoms with Crippen LogP contribution in [0.1, 0.15) is 42.4 Å². The molecule has 3 fully saturated rings. The zero-order chi connectivity index (χ0) is 37.0. The van der Waals surface area contributed by atoms with E-state index in [4.69, 9.17) is 43.1 Å². The van der Waals surface area contributed by atoms with Gasteiger partial charge in [-0.1, -0.05) is 114 Å². The van der Waals surface area contributed by atoms with Crippen LogP contribution in [0, 0.1) is 23.6 Å². The van der Waals surface area contributed by atoms with Gasteiger partial charge in [-0.2, -0.15) is 0 Å². The first-order valence-electron chi connectivity index (χ1n) is 17.9. The molecule has 0 amide bonds. The number of halogens is 3. The fourth-order valence-electron chi connectivity index (χ4n) is 8.78. The maximum absolute atomic E-state index is 16.8. The van der Waals surface area contributed by atoms with Crippen molar-refractivity contribution in [1.29, 1.82) is 0 Å². The van der Waals surface area contributed by atoms with Crippen LogP contribution in [0.4, 0.5) is 10.2 Å². The second-order valence-electron chi connectivity index (χ2n) is 14.0. The molecule has 3 aliphatic carbocycles. The number of nitrogens with zero attached hydrogens (tertiary/aromatic N) is 5. The van der Waals surface area contributed by atoms with E-state index in [-0.39, 0.29) is 34.3 Å². The lowest BCUT2D eigenvalue weighted by Crippen LogP contribution is -2.51. The first-order chi connectivity index (χ1) is 26.3. The molecule has 7 aromatic rings. The highest BCUT2D eigenvalue weighted by atomic mass is 35.5. The molecular weight excluding hydrogens is 742 g/mol. The van der Waals surface area contributed by atoms with Gasteiger partial charge in [-0.15, -0.1) is 11.3 Å². The largest absolute Gasteiger partial charge is 0.481 e. The van der Waals surface area contributed by atoms with Gasteiger partial charge in [0.25, 0.3) is 0 Å². The van der Waals surface area contributed by atoms with Crippen molar-refractivity contribution >= 4 is 57.5 Å². The van der Waals surface area contributed by atoms with E-state index < -0.39 is 29.3 Å². The van der Waals surface area contributed by atoms with E-state index in [2.05, 4.69) is 46.3 Å². The van der Waals surface area contributed by atoms with Crippen LogP contribution in [0.2, 0.25) is 9.49 Å². The standard InChI is InChI=1S/C42H33Cl2FN6O2S/c43-31-22-46-36-29(23-51(40(36)47-31)42(26-10-4-1-5-11-26,27-12-6-2-7-13-27)28-14-8-3-9-15-28)38-49-37(30-20-21-32(44)54-30)34(45)39(50-38)48-35-25-18-16-24(17-19-25)33(35)41(52)53/h1-15,20-25,33,35H,16-19H2,(H,52,53)(H,48,49,50). The average molecular weight is 776 g/mol. The number of nitrogens with one attached hydrogen (secondary N) is 1. The number of rotatable bonds is 9. The zero-order valence-corrected chi connectivity index (χ0v) is 31.1. The van der Waals surface area contributed by atoms with Crippen LogP contribution in [-0.4, -0.2) is 41.6 Å². The van der Waals surface area contributed by atoms with E-state index in [1.807, 2.05) is 60.8 Å². The predicted molar refractivity (Wildman–Crippen MR) is 210 cm³/mol. The molecule has 8 nitrogen and oxygen atoms in total. The molecule has 12 heteroatoms. The first-order valence-corrected chi connectivity index (χ1v) is 19.4. The van der Waals surface area contributed by atoms with Crippen LogP contribution in [-0.2, 0) is 10.3 Å². The Morgan fingerprint density at radius 1 is 0.815 bits per heavy atom. The smallest absolute Gasteiger partial charge is 0.308 e. The van der Waals surface area contributed by atoms with Crippen molar-refractivity contribution in [2.24, 2.45) is 17.8 Å². The van der Waals surface area contributed by atoms with Crippen LogP contribution < -0.4 is 5.32 Å². The summed E-state index contributed by atoms with van der Waals surface area (Å²) in [6.45, 7) is 0. The molecule has 2 atom stereocenters. The molecule has 3 aliphatic rings. The SMILES string of the molecule is O=C(O)C1C2CCC(CC2)C1Nc1nc(-c2cn(C(c3ccccc3)(c3ccccc3)c3ccccc3)c3nc(Cl)cnc23)nc(-c2ccc(Cl)s2)c1F. The molecule has 0 saturated heterocycles. The van der Waals surface area contributed by atoms with Gasteiger partial charge in [0.05, 0.1) is 26.9 Å². The van der Waals surface area contributed by atoms with Crippen LogP contribution in [0.3, 0.4) is 0 Å². The van der Waals surface area contributed by atoms with Crippen molar-refractivity contribution in [3.8, 4) is 22.0 Å². The fourth-order valence-corrected chi connectivity index (χ4v) is 9.94. The summed E-state index contributed by atoms with van der Waals surface area (Å²) in [7, 11) is 0. The monoisotopic (exact) mass is 774 g/mol. The lowest BCUT2D eigenvalue weighted by Gasteiger charge is -2.47. The minimum absolute atomic E-state index is 0.0185. The molecule has 270 valence electrons. The van der Waals surface area contributed by atoms with Crippen LogP contribution in [0.25, 0.3) is 33.1 Å². The minimum Gasteiger partial charge on any atom is -0.481 e. The minimum atomic E-state index is -0.985. The van der Waals surface area contributed by atoms with Crippen molar-refractivity contribution in [3.05, 3.63) is 148 Å². The topological polar surface area (TPSA) is 106 Å². The summed E-state index contributed by atoms with van der Waals surface area (Å²) in [5, 5.41) is 13.8. The first kappa shape index (κ1) is 34.6. The Hall–Kier alpha value is -5.16. The fraction of sp³-hybridized carbons (Fsp3) is 0.214. The van der Waals surface area contributed by atoms with Gasteiger partial charge in [0, 0.05) is 12.2 Å². The normalized spacial score (nSPS) is 19.6. The third kappa shape index (κ3) is 5.75. The van der Waals surface area contributed by atoms with E-state index in [0.29, 0.717) is 25.9 Å². The molecular formula is C42H33Cl2FN6O2S. The molecule has 2 unspecified atom stereocenters.